The van der Waals surface area contributed by atoms with E-state index in [2.05, 4.69) is 16.9 Å². The van der Waals surface area contributed by atoms with E-state index in [1.165, 1.54) is 0 Å². The molecule has 1 saturated heterocycles. The fraction of sp³-hybridized carbons (Fsp3) is 0.571. The molecule has 0 radical (unpaired) electrons. The zero-order valence-electron chi connectivity index (χ0n) is 11.5. The van der Waals surface area contributed by atoms with E-state index in [0.29, 0.717) is 11.5 Å². The molecule has 18 heavy (non-hydrogen) atoms. The van der Waals surface area contributed by atoms with E-state index in [1.807, 2.05) is 13.8 Å². The molecule has 0 aromatic carbocycles. The van der Waals surface area contributed by atoms with Gasteiger partial charge in [-0.2, -0.15) is 0 Å². The number of likely N-dealkylation sites (tertiary alicyclic amines) is 1. The molecule has 2 heterocycles. The molecule has 0 bridgehead atoms. The maximum Gasteiger partial charge on any atom is 0.184 e. The highest BCUT2D eigenvalue weighted by atomic mass is 16.1. The average Bonchev–Trinajstić information content (AvgIpc) is 2.41. The largest absolute Gasteiger partial charge is 0.384 e. The van der Waals surface area contributed by atoms with Crippen molar-refractivity contribution in [3.63, 3.8) is 0 Å². The number of piperidine rings is 1. The van der Waals surface area contributed by atoms with E-state index < -0.39 is 0 Å². The summed E-state index contributed by atoms with van der Waals surface area (Å²) in [6.45, 7) is 5.97. The Hall–Kier alpha value is -1.42. The van der Waals surface area contributed by atoms with Crippen molar-refractivity contribution in [2.45, 2.75) is 26.7 Å². The smallest absolute Gasteiger partial charge is 0.184 e. The highest BCUT2D eigenvalue weighted by molar-refractivity contribution is 5.96. The van der Waals surface area contributed by atoms with E-state index in [0.717, 1.165) is 25.9 Å². The number of anilines is 1. The normalized spacial score (nSPS) is 16.8. The van der Waals surface area contributed by atoms with Crippen LogP contribution < -0.4 is 5.73 Å². The molecule has 0 amide bonds. The van der Waals surface area contributed by atoms with E-state index >= 15 is 0 Å². The lowest BCUT2D eigenvalue weighted by atomic mass is 9.91. The molecule has 0 spiro atoms. The number of nitrogen functional groups attached to an aromatic ring is 1. The van der Waals surface area contributed by atoms with Crippen molar-refractivity contribution in [1.29, 1.82) is 0 Å². The van der Waals surface area contributed by atoms with E-state index in [9.17, 15) is 4.79 Å². The standard InChI is InChI=1S/C12H17N3O.C2H6/c1-15-7-5-9(6-8-15)12(16)10-3-2-4-11(13)14-10;1-2/h2-4,9H,5-8H2,1H3,(H2,13,14);1-2H3. The van der Waals surface area contributed by atoms with Gasteiger partial charge in [0.25, 0.3) is 0 Å². The van der Waals surface area contributed by atoms with Gasteiger partial charge in [-0.25, -0.2) is 4.98 Å². The van der Waals surface area contributed by atoms with Gasteiger partial charge in [-0.1, -0.05) is 19.9 Å². The van der Waals surface area contributed by atoms with Gasteiger partial charge in [-0.3, -0.25) is 4.79 Å². The van der Waals surface area contributed by atoms with E-state index in [-0.39, 0.29) is 11.7 Å². The molecule has 1 fully saturated rings. The van der Waals surface area contributed by atoms with Crippen molar-refractivity contribution in [3.8, 4) is 0 Å². The Morgan fingerprint density at radius 2 is 1.94 bits per heavy atom. The molecule has 100 valence electrons. The fourth-order valence-corrected chi connectivity index (χ4v) is 2.07. The Morgan fingerprint density at radius 3 is 2.50 bits per heavy atom. The molecule has 1 aromatic heterocycles. The highest BCUT2D eigenvalue weighted by Gasteiger charge is 2.25. The third-order valence-corrected chi connectivity index (χ3v) is 3.11. The molecular formula is C14H23N3O. The van der Waals surface area contributed by atoms with Gasteiger partial charge in [0.2, 0.25) is 0 Å². The second kappa shape index (κ2) is 7.11. The van der Waals surface area contributed by atoms with Crippen LogP contribution in [-0.2, 0) is 0 Å². The number of ketones is 1. The third-order valence-electron chi connectivity index (χ3n) is 3.11. The summed E-state index contributed by atoms with van der Waals surface area (Å²) < 4.78 is 0. The molecule has 2 N–H and O–H groups in total. The summed E-state index contributed by atoms with van der Waals surface area (Å²) in [6.07, 6.45) is 1.84. The first-order valence-corrected chi connectivity index (χ1v) is 6.62. The van der Waals surface area contributed by atoms with Crippen LogP contribution in [-0.4, -0.2) is 35.8 Å². The zero-order chi connectivity index (χ0) is 13.5. The predicted molar refractivity (Wildman–Crippen MR) is 74.5 cm³/mol. The predicted octanol–water partition coefficient (Wildman–Crippen LogP) is 2.21. The molecule has 1 aromatic rings. The summed E-state index contributed by atoms with van der Waals surface area (Å²) >= 11 is 0. The molecule has 2 rings (SSSR count). The molecule has 1 aliphatic heterocycles. The van der Waals surface area contributed by atoms with Gasteiger partial charge in [0.15, 0.2) is 5.78 Å². The Morgan fingerprint density at radius 1 is 1.33 bits per heavy atom. The minimum Gasteiger partial charge on any atom is -0.384 e. The maximum absolute atomic E-state index is 12.1. The summed E-state index contributed by atoms with van der Waals surface area (Å²) in [5, 5.41) is 0. The quantitative estimate of drug-likeness (QED) is 0.816. The van der Waals surface area contributed by atoms with Crippen LogP contribution in [0, 0.1) is 5.92 Å². The van der Waals surface area contributed by atoms with E-state index in [1.54, 1.807) is 18.2 Å². The van der Waals surface area contributed by atoms with Crippen molar-refractivity contribution in [3.05, 3.63) is 23.9 Å². The fourth-order valence-electron chi connectivity index (χ4n) is 2.07. The highest BCUT2D eigenvalue weighted by Crippen LogP contribution is 2.20. The first-order valence-electron chi connectivity index (χ1n) is 6.62. The first kappa shape index (κ1) is 14.6. The van der Waals surface area contributed by atoms with Gasteiger partial charge in [0, 0.05) is 5.92 Å². The van der Waals surface area contributed by atoms with Crippen LogP contribution in [0.4, 0.5) is 5.82 Å². The molecule has 0 atom stereocenters. The molecule has 1 aliphatic rings. The van der Waals surface area contributed by atoms with Crippen molar-refractivity contribution in [2.24, 2.45) is 5.92 Å². The van der Waals surface area contributed by atoms with Crippen LogP contribution >= 0.6 is 0 Å². The van der Waals surface area contributed by atoms with Crippen molar-refractivity contribution < 1.29 is 4.79 Å². The third kappa shape index (κ3) is 3.81. The average molecular weight is 249 g/mol. The first-order chi connectivity index (χ1) is 8.66. The van der Waals surface area contributed by atoms with Crippen LogP contribution in [0.1, 0.15) is 37.2 Å². The number of nitrogens with two attached hydrogens (primary N) is 1. The van der Waals surface area contributed by atoms with Gasteiger partial charge in [0.05, 0.1) is 0 Å². The minimum atomic E-state index is 0.116. The Kier molecular flexibility index (Phi) is 5.78. The van der Waals surface area contributed by atoms with Crippen LogP contribution in [0.15, 0.2) is 18.2 Å². The van der Waals surface area contributed by atoms with E-state index in [4.69, 9.17) is 5.73 Å². The molecular weight excluding hydrogens is 226 g/mol. The van der Waals surface area contributed by atoms with Crippen LogP contribution in [0.2, 0.25) is 0 Å². The van der Waals surface area contributed by atoms with Gasteiger partial charge < -0.3 is 10.6 Å². The lowest BCUT2D eigenvalue weighted by Gasteiger charge is -2.27. The summed E-state index contributed by atoms with van der Waals surface area (Å²) in [6, 6.07) is 5.23. The monoisotopic (exact) mass is 249 g/mol. The molecule has 4 nitrogen and oxygen atoms in total. The minimum absolute atomic E-state index is 0.116. The molecule has 0 unspecified atom stereocenters. The van der Waals surface area contributed by atoms with Crippen molar-refractivity contribution in [2.75, 3.05) is 25.9 Å². The number of aromatic nitrogens is 1. The lowest BCUT2D eigenvalue weighted by Crippen LogP contribution is -2.33. The molecule has 0 aliphatic carbocycles. The van der Waals surface area contributed by atoms with Crippen molar-refractivity contribution >= 4 is 11.6 Å². The SMILES string of the molecule is CC.CN1CCC(C(=O)c2cccc(N)n2)CC1. The van der Waals surface area contributed by atoms with Gasteiger partial charge >= 0.3 is 0 Å². The molecule has 4 heteroatoms. The number of carbonyl (C=O) groups is 1. The van der Waals surface area contributed by atoms with Gasteiger partial charge in [-0.15, -0.1) is 0 Å². The second-order valence-corrected chi connectivity index (χ2v) is 4.39. The van der Waals surface area contributed by atoms with Crippen LogP contribution in [0.25, 0.3) is 0 Å². The second-order valence-electron chi connectivity index (χ2n) is 4.39. The number of carbonyl (C=O) groups excluding carboxylic acids is 1. The topological polar surface area (TPSA) is 59.2 Å². The Labute approximate surface area is 109 Å². The Bertz CT molecular complexity index is 384. The summed E-state index contributed by atoms with van der Waals surface area (Å²) in [5.74, 6) is 0.671. The van der Waals surface area contributed by atoms with Crippen molar-refractivity contribution in [1.82, 2.24) is 9.88 Å². The summed E-state index contributed by atoms with van der Waals surface area (Å²) in [7, 11) is 2.08. The number of rotatable bonds is 2. The number of pyridine rings is 1. The molecule has 0 saturated carbocycles. The summed E-state index contributed by atoms with van der Waals surface area (Å²) in [4.78, 5) is 18.5. The lowest BCUT2D eigenvalue weighted by molar-refractivity contribution is 0.0851. The number of nitrogens with zero attached hydrogens (tertiary/aromatic N) is 2. The number of hydrogen-bond donors (Lipinski definition) is 1. The van der Waals surface area contributed by atoms with Gasteiger partial charge in [0.1, 0.15) is 11.5 Å². The zero-order valence-corrected chi connectivity index (χ0v) is 11.5. The number of hydrogen-bond acceptors (Lipinski definition) is 4. The van der Waals surface area contributed by atoms with Gasteiger partial charge in [-0.05, 0) is 45.1 Å². The summed E-state index contributed by atoms with van der Waals surface area (Å²) in [5.41, 5.74) is 6.09. The van der Waals surface area contributed by atoms with Crippen LogP contribution in [0.3, 0.4) is 0 Å². The maximum atomic E-state index is 12.1. The Balaban J connectivity index is 0.000000771. The number of Topliss-reactive ketones (excluding diaryl/α,β-unsaturated/α-hetero) is 1. The van der Waals surface area contributed by atoms with Crippen LogP contribution in [0.5, 0.6) is 0 Å².